The summed E-state index contributed by atoms with van der Waals surface area (Å²) in [5.41, 5.74) is 6.16. The number of carbonyl (C=O) groups excluding carboxylic acids is 1. The quantitative estimate of drug-likeness (QED) is 0.475. The van der Waals surface area contributed by atoms with Crippen LogP contribution in [0.2, 0.25) is 5.02 Å². The number of likely N-dealkylation sites (tertiary alicyclic amines) is 1. The normalized spacial score (nSPS) is 17.8. The Labute approximate surface area is 207 Å². The van der Waals surface area contributed by atoms with Gasteiger partial charge in [-0.1, -0.05) is 17.7 Å². The lowest BCUT2D eigenvalue weighted by molar-refractivity contribution is -0.145. The molecule has 0 aliphatic carbocycles. The SMILES string of the molecule is CC1CCCN1CCCc1ccc2c(c1)OCCO2.NC(=O)C(F)(F)c1cc2cc(Cl)ccc2o1. The highest BCUT2D eigenvalue weighted by molar-refractivity contribution is 6.31. The zero-order valence-electron chi connectivity index (χ0n) is 19.6. The third-order valence-corrected chi connectivity index (χ3v) is 6.54. The summed E-state index contributed by atoms with van der Waals surface area (Å²) in [6.07, 6.45) is 5.08. The minimum Gasteiger partial charge on any atom is -0.486 e. The van der Waals surface area contributed by atoms with Crippen LogP contribution in [0.15, 0.2) is 46.9 Å². The number of amides is 1. The molecule has 3 aromatic rings. The highest BCUT2D eigenvalue weighted by Crippen LogP contribution is 2.33. The van der Waals surface area contributed by atoms with Gasteiger partial charge < -0.3 is 24.5 Å². The van der Waals surface area contributed by atoms with Crippen LogP contribution >= 0.6 is 11.6 Å². The van der Waals surface area contributed by atoms with Crippen molar-refractivity contribution in [3.05, 3.63) is 58.8 Å². The van der Waals surface area contributed by atoms with Crippen molar-refractivity contribution in [2.45, 2.75) is 44.6 Å². The molecule has 6 nitrogen and oxygen atoms in total. The minimum atomic E-state index is -3.81. The molecule has 1 fully saturated rings. The van der Waals surface area contributed by atoms with Crippen molar-refractivity contribution in [2.75, 3.05) is 26.3 Å². The average Bonchev–Trinajstić information content (AvgIpc) is 3.45. The molecule has 1 aromatic heterocycles. The number of nitrogens with two attached hydrogens (primary N) is 1. The van der Waals surface area contributed by atoms with Crippen LogP contribution in [0.25, 0.3) is 11.0 Å². The summed E-state index contributed by atoms with van der Waals surface area (Å²) in [4.78, 5) is 13.2. The third-order valence-electron chi connectivity index (χ3n) is 6.31. The van der Waals surface area contributed by atoms with Crippen molar-refractivity contribution < 1.29 is 27.5 Å². The van der Waals surface area contributed by atoms with Gasteiger partial charge in [-0.25, -0.2) is 0 Å². The molecule has 2 aliphatic rings. The van der Waals surface area contributed by atoms with Gasteiger partial charge >= 0.3 is 5.92 Å². The van der Waals surface area contributed by atoms with Crippen LogP contribution in [0.4, 0.5) is 8.78 Å². The van der Waals surface area contributed by atoms with Gasteiger partial charge in [0.1, 0.15) is 18.8 Å². The molecular formula is C26H29ClF2N2O4. The Morgan fingerprint density at radius 1 is 1.14 bits per heavy atom. The molecule has 2 aliphatic heterocycles. The van der Waals surface area contributed by atoms with E-state index in [0.29, 0.717) is 23.6 Å². The van der Waals surface area contributed by atoms with E-state index in [1.165, 1.54) is 56.1 Å². The first kappa shape index (κ1) is 25.3. The molecule has 188 valence electrons. The van der Waals surface area contributed by atoms with Crippen LogP contribution in [-0.2, 0) is 17.1 Å². The van der Waals surface area contributed by atoms with Crippen molar-refractivity contribution in [2.24, 2.45) is 5.73 Å². The van der Waals surface area contributed by atoms with E-state index >= 15 is 0 Å². The van der Waals surface area contributed by atoms with E-state index in [2.05, 4.69) is 29.7 Å². The Bertz CT molecular complexity index is 1180. The lowest BCUT2D eigenvalue weighted by Crippen LogP contribution is -2.32. The number of fused-ring (bicyclic) bond motifs is 2. The zero-order valence-corrected chi connectivity index (χ0v) is 20.3. The Kier molecular flexibility index (Phi) is 7.82. The third kappa shape index (κ3) is 6.05. The summed E-state index contributed by atoms with van der Waals surface area (Å²) in [7, 11) is 0. The monoisotopic (exact) mass is 506 g/mol. The molecule has 2 N–H and O–H groups in total. The first-order chi connectivity index (χ1) is 16.7. The van der Waals surface area contributed by atoms with Crippen LogP contribution in [-0.4, -0.2) is 43.2 Å². The number of aryl methyl sites for hydroxylation is 1. The van der Waals surface area contributed by atoms with Gasteiger partial charge in [0.15, 0.2) is 17.3 Å². The number of halogens is 3. The van der Waals surface area contributed by atoms with Crippen LogP contribution in [0.1, 0.15) is 37.5 Å². The zero-order chi connectivity index (χ0) is 25.0. The fourth-order valence-electron chi connectivity index (χ4n) is 4.34. The van der Waals surface area contributed by atoms with E-state index in [0.717, 1.165) is 30.0 Å². The molecule has 1 amide bonds. The van der Waals surface area contributed by atoms with Gasteiger partial charge in [-0.3, -0.25) is 4.79 Å². The maximum absolute atomic E-state index is 13.2. The molecule has 2 aromatic carbocycles. The molecule has 0 saturated carbocycles. The number of ether oxygens (including phenoxy) is 2. The summed E-state index contributed by atoms with van der Waals surface area (Å²) in [6.45, 7) is 6.18. The van der Waals surface area contributed by atoms with Crippen LogP contribution in [0.3, 0.4) is 0 Å². The van der Waals surface area contributed by atoms with Gasteiger partial charge in [-0.05, 0) is 87.7 Å². The van der Waals surface area contributed by atoms with Gasteiger partial charge in [-0.15, -0.1) is 0 Å². The van der Waals surface area contributed by atoms with E-state index < -0.39 is 17.6 Å². The number of furan rings is 1. The van der Waals surface area contributed by atoms with Gasteiger partial charge in [0.2, 0.25) is 0 Å². The lowest BCUT2D eigenvalue weighted by Gasteiger charge is -2.21. The highest BCUT2D eigenvalue weighted by Gasteiger charge is 2.42. The molecule has 0 radical (unpaired) electrons. The number of hydrogen-bond donors (Lipinski definition) is 1. The second-order valence-electron chi connectivity index (χ2n) is 8.84. The molecule has 0 spiro atoms. The fraction of sp³-hybridized carbons (Fsp3) is 0.423. The Hall–Kier alpha value is -2.84. The van der Waals surface area contributed by atoms with Crippen molar-refractivity contribution in [3.8, 4) is 11.5 Å². The second kappa shape index (κ2) is 10.8. The molecule has 5 rings (SSSR count). The van der Waals surface area contributed by atoms with E-state index in [-0.39, 0.29) is 5.58 Å². The van der Waals surface area contributed by atoms with Gasteiger partial charge in [-0.2, -0.15) is 8.78 Å². The Morgan fingerprint density at radius 3 is 2.63 bits per heavy atom. The maximum atomic E-state index is 13.2. The number of rotatable bonds is 6. The first-order valence-corrected chi connectivity index (χ1v) is 12.1. The average molecular weight is 507 g/mol. The summed E-state index contributed by atoms with van der Waals surface area (Å²) < 4.78 is 42.4. The topological polar surface area (TPSA) is 77.9 Å². The smallest absolute Gasteiger partial charge is 0.380 e. The predicted octanol–water partition coefficient (Wildman–Crippen LogP) is 5.54. The van der Waals surface area contributed by atoms with E-state index in [4.69, 9.17) is 25.5 Å². The van der Waals surface area contributed by atoms with Crippen LogP contribution < -0.4 is 15.2 Å². The molecule has 9 heteroatoms. The van der Waals surface area contributed by atoms with Crippen molar-refractivity contribution in [1.82, 2.24) is 4.90 Å². The number of hydrogen-bond acceptors (Lipinski definition) is 5. The van der Waals surface area contributed by atoms with Gasteiger partial charge in [0.25, 0.3) is 5.91 Å². The van der Waals surface area contributed by atoms with Crippen molar-refractivity contribution in [3.63, 3.8) is 0 Å². The first-order valence-electron chi connectivity index (χ1n) is 11.7. The van der Waals surface area contributed by atoms with Crippen LogP contribution in [0, 0.1) is 0 Å². The number of carbonyl (C=O) groups is 1. The summed E-state index contributed by atoms with van der Waals surface area (Å²) in [6, 6.07) is 12.6. The molecule has 3 heterocycles. The molecule has 1 atom stereocenters. The van der Waals surface area contributed by atoms with E-state index in [9.17, 15) is 13.6 Å². The van der Waals surface area contributed by atoms with E-state index in [1.807, 2.05) is 6.07 Å². The van der Waals surface area contributed by atoms with Crippen molar-refractivity contribution in [1.29, 1.82) is 0 Å². The van der Waals surface area contributed by atoms with E-state index in [1.54, 1.807) is 0 Å². The number of primary amides is 1. The predicted molar refractivity (Wildman–Crippen MR) is 130 cm³/mol. The number of alkyl halides is 2. The van der Waals surface area contributed by atoms with Crippen molar-refractivity contribution >= 4 is 28.5 Å². The fourth-order valence-corrected chi connectivity index (χ4v) is 4.53. The second-order valence-corrected chi connectivity index (χ2v) is 9.28. The van der Waals surface area contributed by atoms with Crippen LogP contribution in [0.5, 0.6) is 11.5 Å². The number of nitrogens with zero attached hydrogens (tertiary/aromatic N) is 1. The molecule has 1 saturated heterocycles. The summed E-state index contributed by atoms with van der Waals surface area (Å²) >= 11 is 5.68. The summed E-state index contributed by atoms with van der Waals surface area (Å²) in [5, 5.41) is 0.783. The van der Waals surface area contributed by atoms with Gasteiger partial charge in [0.05, 0.1) is 0 Å². The number of benzene rings is 2. The van der Waals surface area contributed by atoms with Gasteiger partial charge in [0, 0.05) is 16.5 Å². The standard InChI is InChI=1S/C16H23NO2.C10H6ClF2NO2/c1-13-4-2-8-17(13)9-3-5-14-6-7-15-16(12-14)19-11-10-18-15;11-6-1-2-7-5(3-6)4-8(16-7)10(12,13)9(14)15/h6-7,12-13H,2-5,8-11H2,1H3;1-4H,(H2,14,15). The lowest BCUT2D eigenvalue weighted by atomic mass is 10.1. The maximum Gasteiger partial charge on any atom is 0.380 e. The minimum absolute atomic E-state index is 0.223. The highest BCUT2D eigenvalue weighted by atomic mass is 35.5. The molecular weight excluding hydrogens is 478 g/mol. The molecule has 0 bridgehead atoms. The molecule has 1 unspecified atom stereocenters. The Morgan fingerprint density at radius 2 is 1.91 bits per heavy atom. The Balaban J connectivity index is 0.000000168. The largest absolute Gasteiger partial charge is 0.486 e. The summed E-state index contributed by atoms with van der Waals surface area (Å²) in [5.74, 6) is -4.54. The molecule has 35 heavy (non-hydrogen) atoms.